The van der Waals surface area contributed by atoms with E-state index in [4.69, 9.17) is 10.5 Å². The van der Waals surface area contributed by atoms with E-state index >= 15 is 0 Å². The molecule has 0 saturated carbocycles. The van der Waals surface area contributed by atoms with E-state index < -0.39 is 0 Å². The Morgan fingerprint density at radius 3 is 2.61 bits per heavy atom. The molecule has 1 aromatic carbocycles. The van der Waals surface area contributed by atoms with Gasteiger partial charge in [-0.1, -0.05) is 12.1 Å². The second-order valence-electron chi connectivity index (χ2n) is 5.75. The number of carbonyl (C=O) groups is 2. The number of hydrogen-bond donors (Lipinski definition) is 2. The standard InChI is InChI=1S/C16H23N3O3S/c1-11-7-19(8-12(2)22-11)9-16(21)18-13-5-3-4-6-14(13)23-10-15(17)20/h3-6,11-12H,7-10H2,1-2H3,(H2,17,20)(H,18,21)/t11-,12+. The molecule has 0 bridgehead atoms. The van der Waals surface area contributed by atoms with Gasteiger partial charge in [-0.3, -0.25) is 14.5 Å². The van der Waals surface area contributed by atoms with Crippen LogP contribution in [-0.4, -0.2) is 54.3 Å². The number of benzene rings is 1. The number of anilines is 1. The van der Waals surface area contributed by atoms with Crippen LogP contribution in [0.1, 0.15) is 13.8 Å². The molecule has 0 radical (unpaired) electrons. The van der Waals surface area contributed by atoms with Gasteiger partial charge in [-0.05, 0) is 26.0 Å². The summed E-state index contributed by atoms with van der Waals surface area (Å²) in [7, 11) is 0. The van der Waals surface area contributed by atoms with E-state index in [9.17, 15) is 9.59 Å². The summed E-state index contributed by atoms with van der Waals surface area (Å²) in [5.74, 6) is -0.267. The van der Waals surface area contributed by atoms with E-state index in [2.05, 4.69) is 10.2 Å². The molecule has 23 heavy (non-hydrogen) atoms. The van der Waals surface area contributed by atoms with Gasteiger partial charge in [0.2, 0.25) is 11.8 Å². The summed E-state index contributed by atoms with van der Waals surface area (Å²) < 4.78 is 5.67. The molecule has 2 atom stereocenters. The van der Waals surface area contributed by atoms with Crippen molar-refractivity contribution in [2.45, 2.75) is 31.0 Å². The fraction of sp³-hybridized carbons (Fsp3) is 0.500. The highest BCUT2D eigenvalue weighted by Crippen LogP contribution is 2.26. The second kappa shape index (κ2) is 8.33. The highest BCUT2D eigenvalue weighted by molar-refractivity contribution is 8.00. The Morgan fingerprint density at radius 2 is 1.96 bits per heavy atom. The third-order valence-electron chi connectivity index (χ3n) is 3.39. The van der Waals surface area contributed by atoms with Crippen LogP contribution in [-0.2, 0) is 14.3 Å². The van der Waals surface area contributed by atoms with E-state index in [1.54, 1.807) is 0 Å². The molecule has 0 spiro atoms. The maximum absolute atomic E-state index is 12.3. The Hall–Kier alpha value is -1.57. The van der Waals surface area contributed by atoms with Gasteiger partial charge in [0.05, 0.1) is 30.2 Å². The largest absolute Gasteiger partial charge is 0.373 e. The van der Waals surface area contributed by atoms with E-state index in [0.717, 1.165) is 18.0 Å². The molecule has 1 aromatic rings. The molecule has 2 rings (SSSR count). The third-order valence-corrected chi connectivity index (χ3v) is 4.49. The van der Waals surface area contributed by atoms with Gasteiger partial charge in [0.15, 0.2) is 0 Å². The number of primary amides is 1. The van der Waals surface area contributed by atoms with Gasteiger partial charge in [0.1, 0.15) is 0 Å². The predicted octanol–water partition coefficient (Wildman–Crippen LogP) is 1.31. The summed E-state index contributed by atoms with van der Waals surface area (Å²) in [6, 6.07) is 7.40. The number of morpholine rings is 1. The van der Waals surface area contributed by atoms with Gasteiger partial charge in [-0.2, -0.15) is 0 Å². The third kappa shape index (κ3) is 5.85. The summed E-state index contributed by atoms with van der Waals surface area (Å²) in [6.07, 6.45) is 0.259. The van der Waals surface area contributed by atoms with Gasteiger partial charge < -0.3 is 15.8 Å². The Kier molecular flexibility index (Phi) is 6.44. The number of nitrogens with two attached hydrogens (primary N) is 1. The first kappa shape index (κ1) is 17.8. The SMILES string of the molecule is C[C@@H]1CN(CC(=O)Nc2ccccc2SCC(N)=O)C[C@H](C)O1. The van der Waals surface area contributed by atoms with Gasteiger partial charge in [0.25, 0.3) is 0 Å². The Bertz CT molecular complexity index is 557. The molecule has 1 saturated heterocycles. The fourth-order valence-corrected chi connectivity index (χ4v) is 3.40. The Morgan fingerprint density at radius 1 is 1.30 bits per heavy atom. The van der Waals surface area contributed by atoms with Crippen molar-refractivity contribution in [1.29, 1.82) is 0 Å². The molecule has 1 aliphatic rings. The van der Waals surface area contributed by atoms with Gasteiger partial charge in [0, 0.05) is 18.0 Å². The molecule has 6 nitrogen and oxygen atoms in total. The number of ether oxygens (including phenoxy) is 1. The van der Waals surface area contributed by atoms with Crippen LogP contribution in [0.15, 0.2) is 29.2 Å². The van der Waals surface area contributed by atoms with Gasteiger partial charge in [-0.25, -0.2) is 0 Å². The maximum atomic E-state index is 12.3. The van der Waals surface area contributed by atoms with Crippen molar-refractivity contribution in [3.8, 4) is 0 Å². The minimum absolute atomic E-state index is 0.0709. The summed E-state index contributed by atoms with van der Waals surface area (Å²) in [6.45, 7) is 5.84. The smallest absolute Gasteiger partial charge is 0.238 e. The molecular weight excluding hydrogens is 314 g/mol. The molecule has 3 N–H and O–H groups in total. The quantitative estimate of drug-likeness (QED) is 0.765. The normalized spacial score (nSPS) is 21.8. The molecule has 0 unspecified atom stereocenters. The van der Waals surface area contributed by atoms with E-state index in [0.29, 0.717) is 12.2 Å². The van der Waals surface area contributed by atoms with Crippen LogP contribution >= 0.6 is 11.8 Å². The molecule has 0 aliphatic carbocycles. The van der Waals surface area contributed by atoms with Crippen molar-refractivity contribution >= 4 is 29.3 Å². The van der Waals surface area contributed by atoms with E-state index in [1.807, 2.05) is 38.1 Å². The van der Waals surface area contributed by atoms with E-state index in [1.165, 1.54) is 11.8 Å². The van der Waals surface area contributed by atoms with Crippen LogP contribution in [0.3, 0.4) is 0 Å². The first-order chi connectivity index (χ1) is 10.9. The number of carbonyl (C=O) groups excluding carboxylic acids is 2. The molecule has 126 valence electrons. The van der Waals surface area contributed by atoms with Crippen molar-refractivity contribution in [3.63, 3.8) is 0 Å². The zero-order valence-corrected chi connectivity index (χ0v) is 14.3. The molecular formula is C16H23N3O3S. The van der Waals surface area contributed by atoms with Crippen LogP contribution in [0.4, 0.5) is 5.69 Å². The topological polar surface area (TPSA) is 84.7 Å². The average molecular weight is 337 g/mol. The van der Waals surface area contributed by atoms with Crippen molar-refractivity contribution in [2.75, 3.05) is 30.7 Å². The van der Waals surface area contributed by atoms with Crippen molar-refractivity contribution in [3.05, 3.63) is 24.3 Å². The molecule has 1 aliphatic heterocycles. The maximum Gasteiger partial charge on any atom is 0.238 e. The number of para-hydroxylation sites is 1. The van der Waals surface area contributed by atoms with Crippen LogP contribution in [0.2, 0.25) is 0 Å². The monoisotopic (exact) mass is 337 g/mol. The van der Waals surface area contributed by atoms with Crippen LogP contribution in [0, 0.1) is 0 Å². The Labute approximate surface area is 140 Å². The first-order valence-corrected chi connectivity index (χ1v) is 8.60. The molecule has 1 fully saturated rings. The van der Waals surface area contributed by atoms with Crippen molar-refractivity contribution < 1.29 is 14.3 Å². The first-order valence-electron chi connectivity index (χ1n) is 7.62. The van der Waals surface area contributed by atoms with Gasteiger partial charge in [-0.15, -0.1) is 11.8 Å². The molecule has 1 heterocycles. The minimum atomic E-state index is -0.382. The molecule has 7 heteroatoms. The zero-order valence-electron chi connectivity index (χ0n) is 13.5. The predicted molar refractivity (Wildman–Crippen MR) is 91.4 cm³/mol. The lowest BCUT2D eigenvalue weighted by atomic mass is 10.2. The van der Waals surface area contributed by atoms with Crippen molar-refractivity contribution in [1.82, 2.24) is 4.90 Å². The average Bonchev–Trinajstić information content (AvgIpc) is 2.45. The Balaban J connectivity index is 1.93. The summed E-state index contributed by atoms with van der Waals surface area (Å²) >= 11 is 1.32. The summed E-state index contributed by atoms with van der Waals surface area (Å²) in [4.78, 5) is 26.1. The second-order valence-corrected chi connectivity index (χ2v) is 6.77. The van der Waals surface area contributed by atoms with Crippen LogP contribution < -0.4 is 11.1 Å². The van der Waals surface area contributed by atoms with Crippen LogP contribution in [0.25, 0.3) is 0 Å². The highest BCUT2D eigenvalue weighted by atomic mass is 32.2. The number of nitrogens with zero attached hydrogens (tertiary/aromatic N) is 1. The number of rotatable bonds is 6. The molecule has 0 aromatic heterocycles. The molecule has 2 amide bonds. The summed E-state index contributed by atoms with van der Waals surface area (Å²) in [5, 5.41) is 2.92. The number of amides is 2. The number of hydrogen-bond acceptors (Lipinski definition) is 5. The lowest BCUT2D eigenvalue weighted by Gasteiger charge is -2.34. The zero-order chi connectivity index (χ0) is 16.8. The van der Waals surface area contributed by atoms with Gasteiger partial charge >= 0.3 is 0 Å². The lowest BCUT2D eigenvalue weighted by molar-refractivity contribution is -0.121. The van der Waals surface area contributed by atoms with Crippen molar-refractivity contribution in [2.24, 2.45) is 5.73 Å². The number of nitrogens with one attached hydrogen (secondary N) is 1. The highest BCUT2D eigenvalue weighted by Gasteiger charge is 2.23. The summed E-state index contributed by atoms with van der Waals surface area (Å²) in [5.41, 5.74) is 5.88. The van der Waals surface area contributed by atoms with Crippen LogP contribution in [0.5, 0.6) is 0 Å². The fourth-order valence-electron chi connectivity index (χ4n) is 2.65. The minimum Gasteiger partial charge on any atom is -0.373 e. The lowest BCUT2D eigenvalue weighted by Crippen LogP contribution is -2.48. The van der Waals surface area contributed by atoms with E-state index in [-0.39, 0.29) is 29.8 Å². The number of thioether (sulfide) groups is 1.